The zero-order valence-electron chi connectivity index (χ0n) is 11.1. The van der Waals surface area contributed by atoms with E-state index in [1.54, 1.807) is 29.2 Å². The fraction of sp³-hybridized carbons (Fsp3) is 0.286. The van der Waals surface area contributed by atoms with E-state index in [1.165, 1.54) is 0 Å². The number of halogens is 1. The number of nitrogens with zero attached hydrogens (tertiary/aromatic N) is 2. The SMILES string of the molecule is Cc1cc(Cl)ccc1CNC(Cn1cccn1)C(=O)O. The number of aliphatic carboxylic acids is 1. The molecule has 0 aliphatic carbocycles. The van der Waals surface area contributed by atoms with Crippen LogP contribution in [-0.2, 0) is 17.9 Å². The maximum absolute atomic E-state index is 11.3. The van der Waals surface area contributed by atoms with Crippen molar-refractivity contribution in [3.8, 4) is 0 Å². The zero-order valence-corrected chi connectivity index (χ0v) is 11.8. The highest BCUT2D eigenvalue weighted by Gasteiger charge is 2.17. The minimum Gasteiger partial charge on any atom is -0.480 e. The van der Waals surface area contributed by atoms with Gasteiger partial charge < -0.3 is 5.11 Å². The summed E-state index contributed by atoms with van der Waals surface area (Å²) in [5, 5.41) is 17.0. The quantitative estimate of drug-likeness (QED) is 0.856. The van der Waals surface area contributed by atoms with E-state index in [0.717, 1.165) is 11.1 Å². The molecular weight excluding hydrogens is 278 g/mol. The van der Waals surface area contributed by atoms with E-state index in [-0.39, 0.29) is 6.54 Å². The summed E-state index contributed by atoms with van der Waals surface area (Å²) < 4.78 is 1.60. The van der Waals surface area contributed by atoms with E-state index >= 15 is 0 Å². The van der Waals surface area contributed by atoms with E-state index in [0.29, 0.717) is 11.6 Å². The van der Waals surface area contributed by atoms with Gasteiger partial charge in [0.25, 0.3) is 0 Å². The van der Waals surface area contributed by atoms with Crippen LogP contribution in [0.4, 0.5) is 0 Å². The summed E-state index contributed by atoms with van der Waals surface area (Å²) in [6.45, 7) is 2.71. The molecule has 2 rings (SSSR count). The van der Waals surface area contributed by atoms with Gasteiger partial charge in [0.05, 0.1) is 6.54 Å². The smallest absolute Gasteiger partial charge is 0.322 e. The predicted octanol–water partition coefficient (Wildman–Crippen LogP) is 2.09. The summed E-state index contributed by atoms with van der Waals surface area (Å²) in [4.78, 5) is 11.3. The Kier molecular flexibility index (Phi) is 4.76. The van der Waals surface area contributed by atoms with Gasteiger partial charge in [-0.25, -0.2) is 0 Å². The summed E-state index contributed by atoms with van der Waals surface area (Å²) in [5.74, 6) is -0.896. The second-order valence-electron chi connectivity index (χ2n) is 4.57. The Hall–Kier alpha value is -1.85. The molecule has 0 fully saturated rings. The lowest BCUT2D eigenvalue weighted by Gasteiger charge is -2.15. The molecule has 0 spiro atoms. The highest BCUT2D eigenvalue weighted by atomic mass is 35.5. The average molecular weight is 294 g/mol. The van der Waals surface area contributed by atoms with Gasteiger partial charge in [0.15, 0.2) is 0 Å². The van der Waals surface area contributed by atoms with E-state index < -0.39 is 12.0 Å². The van der Waals surface area contributed by atoms with Crippen molar-refractivity contribution in [1.29, 1.82) is 0 Å². The molecule has 6 heteroatoms. The first-order valence-corrected chi connectivity index (χ1v) is 6.62. The third-order valence-electron chi connectivity index (χ3n) is 3.07. The number of aromatic nitrogens is 2. The molecule has 5 nitrogen and oxygen atoms in total. The van der Waals surface area contributed by atoms with Gasteiger partial charge in [-0.05, 0) is 36.2 Å². The van der Waals surface area contributed by atoms with Crippen LogP contribution >= 0.6 is 11.6 Å². The normalized spacial score (nSPS) is 12.3. The molecule has 1 unspecified atom stereocenters. The number of carboxylic acid groups (broad SMARTS) is 1. The standard InChI is InChI=1S/C14H16ClN3O2/c1-10-7-12(15)4-3-11(10)8-16-13(14(19)20)9-18-6-2-5-17-18/h2-7,13,16H,8-9H2,1H3,(H,19,20). The molecular formula is C14H16ClN3O2. The van der Waals surface area contributed by atoms with Crippen molar-refractivity contribution in [2.45, 2.75) is 26.1 Å². The number of benzene rings is 1. The van der Waals surface area contributed by atoms with Gasteiger partial charge >= 0.3 is 5.97 Å². The lowest BCUT2D eigenvalue weighted by atomic mass is 10.1. The molecule has 0 radical (unpaired) electrons. The molecule has 0 bridgehead atoms. The Morgan fingerprint density at radius 3 is 2.95 bits per heavy atom. The maximum Gasteiger partial charge on any atom is 0.322 e. The second-order valence-corrected chi connectivity index (χ2v) is 5.01. The molecule has 20 heavy (non-hydrogen) atoms. The fourth-order valence-corrected chi connectivity index (χ4v) is 2.14. The Balaban J connectivity index is 2.00. The van der Waals surface area contributed by atoms with Crippen molar-refractivity contribution in [2.75, 3.05) is 0 Å². The summed E-state index contributed by atoms with van der Waals surface area (Å²) in [6, 6.07) is 6.64. The van der Waals surface area contributed by atoms with Gasteiger partial charge in [0.1, 0.15) is 6.04 Å². The average Bonchev–Trinajstić information content (AvgIpc) is 2.88. The van der Waals surface area contributed by atoms with Crippen LogP contribution in [0.25, 0.3) is 0 Å². The first kappa shape index (κ1) is 14.6. The van der Waals surface area contributed by atoms with Gasteiger partial charge in [-0.15, -0.1) is 0 Å². The van der Waals surface area contributed by atoms with Gasteiger partial charge in [-0.1, -0.05) is 17.7 Å². The molecule has 1 aromatic heterocycles. The van der Waals surface area contributed by atoms with Crippen LogP contribution in [0.2, 0.25) is 5.02 Å². The van der Waals surface area contributed by atoms with Crippen molar-refractivity contribution in [3.05, 3.63) is 52.8 Å². The zero-order chi connectivity index (χ0) is 14.5. The summed E-state index contributed by atoms with van der Waals surface area (Å²) in [6.07, 6.45) is 3.37. The van der Waals surface area contributed by atoms with E-state index in [9.17, 15) is 9.90 Å². The number of carboxylic acids is 1. The van der Waals surface area contributed by atoms with Crippen LogP contribution in [0.3, 0.4) is 0 Å². The lowest BCUT2D eigenvalue weighted by Crippen LogP contribution is -2.40. The molecule has 0 aliphatic rings. The van der Waals surface area contributed by atoms with Crippen LogP contribution in [0.1, 0.15) is 11.1 Å². The lowest BCUT2D eigenvalue weighted by molar-refractivity contribution is -0.140. The number of hydrogen-bond donors (Lipinski definition) is 2. The number of aryl methyl sites for hydroxylation is 1. The molecule has 0 saturated heterocycles. The topological polar surface area (TPSA) is 67.2 Å². The summed E-state index contributed by atoms with van der Waals surface area (Å²) >= 11 is 5.90. The van der Waals surface area contributed by atoms with Gasteiger partial charge in [-0.2, -0.15) is 5.10 Å². The van der Waals surface area contributed by atoms with Gasteiger partial charge in [0.2, 0.25) is 0 Å². The summed E-state index contributed by atoms with van der Waals surface area (Å²) in [5.41, 5.74) is 2.06. The number of hydrogen-bond acceptors (Lipinski definition) is 3. The Labute approximate surface area is 122 Å². The first-order chi connectivity index (χ1) is 9.56. The monoisotopic (exact) mass is 293 g/mol. The highest BCUT2D eigenvalue weighted by molar-refractivity contribution is 6.30. The maximum atomic E-state index is 11.3. The molecule has 2 aromatic rings. The van der Waals surface area contributed by atoms with Crippen LogP contribution in [0, 0.1) is 6.92 Å². The number of nitrogens with one attached hydrogen (secondary N) is 1. The minimum atomic E-state index is -0.896. The van der Waals surface area contributed by atoms with E-state index in [1.807, 2.05) is 19.1 Å². The Bertz CT molecular complexity index is 584. The molecule has 1 atom stereocenters. The van der Waals surface area contributed by atoms with Crippen molar-refractivity contribution in [1.82, 2.24) is 15.1 Å². The summed E-state index contributed by atoms with van der Waals surface area (Å²) in [7, 11) is 0. The van der Waals surface area contributed by atoms with Crippen molar-refractivity contribution < 1.29 is 9.90 Å². The van der Waals surface area contributed by atoms with E-state index in [4.69, 9.17) is 11.6 Å². The van der Waals surface area contributed by atoms with Gasteiger partial charge in [0, 0.05) is 24.0 Å². The van der Waals surface area contributed by atoms with Crippen molar-refractivity contribution in [2.24, 2.45) is 0 Å². The molecule has 0 saturated carbocycles. The third kappa shape index (κ3) is 3.82. The predicted molar refractivity (Wildman–Crippen MR) is 76.7 cm³/mol. The number of rotatable bonds is 6. The molecule has 1 aromatic carbocycles. The van der Waals surface area contributed by atoms with Crippen LogP contribution < -0.4 is 5.32 Å². The van der Waals surface area contributed by atoms with Crippen LogP contribution in [0.5, 0.6) is 0 Å². The van der Waals surface area contributed by atoms with Crippen molar-refractivity contribution >= 4 is 17.6 Å². The molecule has 1 heterocycles. The van der Waals surface area contributed by atoms with Crippen molar-refractivity contribution in [3.63, 3.8) is 0 Å². The number of carbonyl (C=O) groups is 1. The van der Waals surface area contributed by atoms with Crippen LogP contribution in [0.15, 0.2) is 36.7 Å². The Morgan fingerprint density at radius 2 is 2.35 bits per heavy atom. The largest absolute Gasteiger partial charge is 0.480 e. The molecule has 0 amide bonds. The van der Waals surface area contributed by atoms with E-state index in [2.05, 4.69) is 10.4 Å². The highest BCUT2D eigenvalue weighted by Crippen LogP contribution is 2.15. The molecule has 2 N–H and O–H groups in total. The Morgan fingerprint density at radius 1 is 1.55 bits per heavy atom. The fourth-order valence-electron chi connectivity index (χ4n) is 1.92. The second kappa shape index (κ2) is 6.54. The minimum absolute atomic E-state index is 0.287. The first-order valence-electron chi connectivity index (χ1n) is 6.25. The third-order valence-corrected chi connectivity index (χ3v) is 3.31. The van der Waals surface area contributed by atoms with Crippen LogP contribution in [-0.4, -0.2) is 26.9 Å². The molecule has 0 aliphatic heterocycles. The van der Waals surface area contributed by atoms with Gasteiger partial charge in [-0.3, -0.25) is 14.8 Å². The molecule has 106 valence electrons.